The topological polar surface area (TPSA) is 46.5 Å². The molecule has 0 atom stereocenters. The molecule has 0 saturated carbocycles. The Morgan fingerprint density at radius 3 is 1.09 bits per heavy atom. The van der Waals surface area contributed by atoms with E-state index in [1.165, 1.54) is 0 Å². The van der Waals surface area contributed by atoms with E-state index in [4.69, 9.17) is 5.11 Å². The van der Waals surface area contributed by atoms with E-state index in [9.17, 15) is 92.6 Å². The number of hydrogen-bond acceptors (Lipinski definition) is 2. The number of carboxylic acid groups (broad SMARTS) is 1. The standard InChI is InChI=1S/C11H2F20O3/c12-1(13)3(14,15)5(18,19)8(24,25)10(28,29)34-11(30,31)9(26,27)7(22,23)6(20,21)4(16,17)2(32)33/h1H,(H,32,33). The van der Waals surface area contributed by atoms with Crippen molar-refractivity contribution in [1.82, 2.24) is 0 Å². The van der Waals surface area contributed by atoms with Gasteiger partial charge in [0.15, 0.2) is 0 Å². The van der Waals surface area contributed by atoms with Crippen LogP contribution in [0, 0.1) is 0 Å². The van der Waals surface area contributed by atoms with Crippen LogP contribution in [-0.4, -0.2) is 71.2 Å². The second-order valence-corrected chi connectivity index (χ2v) is 5.81. The smallest absolute Gasteiger partial charge is 0.430 e. The lowest BCUT2D eigenvalue weighted by Gasteiger charge is -2.40. The summed E-state index contributed by atoms with van der Waals surface area (Å²) in [6.45, 7) is 0. The summed E-state index contributed by atoms with van der Waals surface area (Å²) >= 11 is 0. The van der Waals surface area contributed by atoms with Gasteiger partial charge in [-0.3, -0.25) is 0 Å². The third-order valence-electron chi connectivity index (χ3n) is 3.53. The second-order valence-electron chi connectivity index (χ2n) is 5.81. The van der Waals surface area contributed by atoms with Gasteiger partial charge in [-0.1, -0.05) is 0 Å². The van der Waals surface area contributed by atoms with Crippen LogP contribution in [-0.2, 0) is 9.53 Å². The summed E-state index contributed by atoms with van der Waals surface area (Å²) in [5.41, 5.74) is 0. The fourth-order valence-corrected chi connectivity index (χ4v) is 1.53. The molecular formula is C11H2F20O3. The molecule has 0 amide bonds. The summed E-state index contributed by atoms with van der Waals surface area (Å²) in [5, 5.41) is 7.65. The summed E-state index contributed by atoms with van der Waals surface area (Å²) in [7, 11) is 0. The largest absolute Gasteiger partial charge is 0.477 e. The fraction of sp³-hybridized carbons (Fsp3) is 0.909. The SMILES string of the molecule is O=C(O)C(F)(F)C(F)(F)C(F)(F)C(F)(F)C(F)(F)OC(F)(F)C(F)(F)C(F)(F)C(F)(F)C(F)F. The number of ether oxygens (including phenoxy) is 1. The molecule has 0 aromatic carbocycles. The monoisotopic (exact) mass is 562 g/mol. The minimum absolute atomic E-state index is 0.940. The molecular weight excluding hydrogens is 560 g/mol. The van der Waals surface area contributed by atoms with E-state index < -0.39 is 66.1 Å². The average Bonchev–Trinajstić information content (AvgIpc) is 2.59. The van der Waals surface area contributed by atoms with Crippen molar-refractivity contribution >= 4 is 5.97 Å². The van der Waals surface area contributed by atoms with E-state index in [0.29, 0.717) is 0 Å². The fourth-order valence-electron chi connectivity index (χ4n) is 1.53. The molecule has 0 aliphatic carbocycles. The maximum atomic E-state index is 13.2. The molecule has 0 aromatic heterocycles. The first-order chi connectivity index (χ1) is 14.3. The van der Waals surface area contributed by atoms with Gasteiger partial charge in [-0.15, -0.1) is 0 Å². The molecule has 0 spiro atoms. The number of hydrogen-bond donors (Lipinski definition) is 1. The Morgan fingerprint density at radius 2 is 0.824 bits per heavy atom. The minimum Gasteiger partial charge on any atom is -0.477 e. The Kier molecular flexibility index (Phi) is 7.57. The van der Waals surface area contributed by atoms with Gasteiger partial charge in [0, 0.05) is 0 Å². The highest BCUT2D eigenvalue weighted by atomic mass is 19.4. The van der Waals surface area contributed by atoms with Crippen molar-refractivity contribution in [3.05, 3.63) is 0 Å². The van der Waals surface area contributed by atoms with Crippen LogP contribution in [0.2, 0.25) is 0 Å². The number of rotatable bonds is 11. The predicted octanol–water partition coefficient (Wildman–Crippen LogP) is 5.99. The van der Waals surface area contributed by atoms with Gasteiger partial charge in [0.05, 0.1) is 0 Å². The van der Waals surface area contributed by atoms with Gasteiger partial charge >= 0.3 is 66.1 Å². The number of alkyl halides is 20. The molecule has 0 bridgehead atoms. The first-order valence-electron chi connectivity index (χ1n) is 6.96. The third-order valence-corrected chi connectivity index (χ3v) is 3.53. The number of carbonyl (C=O) groups is 1. The third kappa shape index (κ3) is 4.05. The van der Waals surface area contributed by atoms with Crippen molar-refractivity contribution in [3.8, 4) is 0 Å². The van der Waals surface area contributed by atoms with Gasteiger partial charge in [0.1, 0.15) is 0 Å². The minimum atomic E-state index is -8.64. The highest BCUT2D eigenvalue weighted by Gasteiger charge is 2.91. The van der Waals surface area contributed by atoms with E-state index in [2.05, 4.69) is 0 Å². The van der Waals surface area contributed by atoms with Crippen molar-refractivity contribution in [2.45, 2.75) is 60.1 Å². The van der Waals surface area contributed by atoms with Crippen LogP contribution in [0.4, 0.5) is 87.8 Å². The number of aliphatic carboxylic acids is 1. The van der Waals surface area contributed by atoms with Crippen molar-refractivity contribution in [1.29, 1.82) is 0 Å². The van der Waals surface area contributed by atoms with Crippen molar-refractivity contribution in [3.63, 3.8) is 0 Å². The molecule has 0 saturated heterocycles. The zero-order valence-electron chi connectivity index (χ0n) is 14.4. The van der Waals surface area contributed by atoms with E-state index in [1.807, 2.05) is 0 Å². The number of carboxylic acids is 1. The molecule has 0 radical (unpaired) electrons. The van der Waals surface area contributed by atoms with Crippen LogP contribution in [0.15, 0.2) is 0 Å². The molecule has 1 N–H and O–H groups in total. The molecule has 0 rings (SSSR count). The van der Waals surface area contributed by atoms with Crippen LogP contribution in [0.3, 0.4) is 0 Å². The normalized spacial score (nSPS) is 16.3. The summed E-state index contributed by atoms with van der Waals surface area (Å²) in [6.07, 6.45) is -22.8. The van der Waals surface area contributed by atoms with Crippen LogP contribution in [0.25, 0.3) is 0 Å². The first kappa shape index (κ1) is 32.0. The van der Waals surface area contributed by atoms with Crippen LogP contribution in [0.1, 0.15) is 0 Å². The average molecular weight is 562 g/mol. The quantitative estimate of drug-likeness (QED) is 0.315. The van der Waals surface area contributed by atoms with Gasteiger partial charge < -0.3 is 5.11 Å². The second kappa shape index (κ2) is 8.03. The lowest BCUT2D eigenvalue weighted by molar-refractivity contribution is -0.519. The van der Waals surface area contributed by atoms with Gasteiger partial charge in [-0.2, -0.15) is 79.0 Å². The maximum Gasteiger partial charge on any atom is 0.430 e. The molecule has 34 heavy (non-hydrogen) atoms. The van der Waals surface area contributed by atoms with E-state index in [-0.39, 0.29) is 0 Å². The molecule has 0 heterocycles. The summed E-state index contributed by atoms with van der Waals surface area (Å²) in [4.78, 5) is 9.85. The molecule has 0 unspecified atom stereocenters. The molecule has 0 aliphatic rings. The molecule has 0 fully saturated rings. The lowest BCUT2D eigenvalue weighted by atomic mass is 9.97. The van der Waals surface area contributed by atoms with E-state index >= 15 is 0 Å². The molecule has 3 nitrogen and oxygen atoms in total. The predicted molar refractivity (Wildman–Crippen MR) is 59.2 cm³/mol. The van der Waals surface area contributed by atoms with Gasteiger partial charge in [-0.05, 0) is 0 Å². The summed E-state index contributed by atoms with van der Waals surface area (Å²) in [6, 6.07) is 0. The Balaban J connectivity index is 6.64. The van der Waals surface area contributed by atoms with E-state index in [0.717, 1.165) is 4.74 Å². The zero-order valence-corrected chi connectivity index (χ0v) is 14.4. The van der Waals surface area contributed by atoms with Crippen molar-refractivity contribution in [2.24, 2.45) is 0 Å². The number of halogens is 20. The molecule has 204 valence electrons. The van der Waals surface area contributed by atoms with Crippen LogP contribution in [0.5, 0.6) is 0 Å². The van der Waals surface area contributed by atoms with Gasteiger partial charge in [0.2, 0.25) is 0 Å². The summed E-state index contributed by atoms with van der Waals surface area (Å²) < 4.78 is 258. The van der Waals surface area contributed by atoms with E-state index in [1.54, 1.807) is 0 Å². The first-order valence-corrected chi connectivity index (χ1v) is 6.96. The Bertz CT molecular complexity index is 770. The van der Waals surface area contributed by atoms with Crippen molar-refractivity contribution in [2.75, 3.05) is 0 Å². The molecule has 0 aliphatic heterocycles. The highest BCUT2D eigenvalue weighted by molar-refractivity contribution is 5.77. The Hall–Kier alpha value is -1.97. The van der Waals surface area contributed by atoms with Crippen molar-refractivity contribution < 1.29 is 102 Å². The Labute approximate surface area is 170 Å². The van der Waals surface area contributed by atoms with Crippen LogP contribution < -0.4 is 0 Å². The molecule has 23 heteroatoms. The van der Waals surface area contributed by atoms with Crippen LogP contribution >= 0.6 is 0 Å². The lowest BCUT2D eigenvalue weighted by Crippen LogP contribution is -2.71. The van der Waals surface area contributed by atoms with Gasteiger partial charge in [-0.25, -0.2) is 18.3 Å². The Morgan fingerprint density at radius 1 is 0.529 bits per heavy atom. The summed E-state index contributed by atoms with van der Waals surface area (Å²) in [5.74, 6) is -61.5. The molecule has 0 aromatic rings. The highest BCUT2D eigenvalue weighted by Crippen LogP contribution is 2.60. The van der Waals surface area contributed by atoms with Gasteiger partial charge in [0.25, 0.3) is 0 Å². The maximum absolute atomic E-state index is 13.2. The zero-order chi connectivity index (χ0) is 28.4.